The minimum Gasteiger partial charge on any atom is -0.481 e. The zero-order valence-electron chi connectivity index (χ0n) is 16.8. The van der Waals surface area contributed by atoms with Gasteiger partial charge in [0.2, 0.25) is 5.88 Å². The Morgan fingerprint density at radius 2 is 1.89 bits per heavy atom. The first-order valence-electron chi connectivity index (χ1n) is 9.51. The molecule has 0 aliphatic rings. The van der Waals surface area contributed by atoms with Crippen molar-refractivity contribution in [2.45, 2.75) is 46.1 Å². The second-order valence-corrected chi connectivity index (χ2v) is 6.61. The summed E-state index contributed by atoms with van der Waals surface area (Å²) in [5.41, 5.74) is 4.90. The molecule has 3 rings (SSSR count). The van der Waals surface area contributed by atoms with Gasteiger partial charge in [0.1, 0.15) is 11.3 Å². The van der Waals surface area contributed by atoms with Gasteiger partial charge in [-0.3, -0.25) is 0 Å². The van der Waals surface area contributed by atoms with Crippen LogP contribution in [0.25, 0.3) is 22.3 Å². The SMILES string of the molecule is CCc1nc2c(-c3ccc(OC)nc3C)ccnc2n1C(CC)CCOC. The molecular weight excluding hydrogens is 340 g/mol. The highest BCUT2D eigenvalue weighted by molar-refractivity contribution is 5.91. The summed E-state index contributed by atoms with van der Waals surface area (Å²) in [6.45, 7) is 7.06. The number of methoxy groups -OCH3 is 2. The van der Waals surface area contributed by atoms with Gasteiger partial charge in [0.05, 0.1) is 7.11 Å². The molecule has 3 heterocycles. The predicted octanol–water partition coefficient (Wildman–Crippen LogP) is 4.36. The quantitative estimate of drug-likeness (QED) is 0.591. The third-order valence-corrected chi connectivity index (χ3v) is 5.02. The van der Waals surface area contributed by atoms with E-state index in [9.17, 15) is 0 Å². The van der Waals surface area contributed by atoms with Crippen molar-refractivity contribution in [1.82, 2.24) is 19.5 Å². The third kappa shape index (κ3) is 3.67. The van der Waals surface area contributed by atoms with Crippen LogP contribution in [-0.2, 0) is 11.2 Å². The Hall–Kier alpha value is -2.47. The number of rotatable bonds is 8. The number of nitrogens with zero attached hydrogens (tertiary/aromatic N) is 4. The summed E-state index contributed by atoms with van der Waals surface area (Å²) in [5.74, 6) is 1.68. The molecule has 27 heavy (non-hydrogen) atoms. The lowest BCUT2D eigenvalue weighted by Crippen LogP contribution is -2.14. The Kier molecular flexibility index (Phi) is 6.06. The van der Waals surface area contributed by atoms with Crippen LogP contribution < -0.4 is 4.74 Å². The molecule has 3 aromatic heterocycles. The van der Waals surface area contributed by atoms with Crippen LogP contribution >= 0.6 is 0 Å². The van der Waals surface area contributed by atoms with E-state index in [1.165, 1.54) is 0 Å². The van der Waals surface area contributed by atoms with Gasteiger partial charge in [-0.2, -0.15) is 0 Å². The number of aromatic nitrogens is 4. The molecule has 6 heteroatoms. The molecule has 0 spiro atoms. The normalized spacial score (nSPS) is 12.5. The highest BCUT2D eigenvalue weighted by Gasteiger charge is 2.21. The van der Waals surface area contributed by atoms with Crippen LogP contribution in [0, 0.1) is 6.92 Å². The summed E-state index contributed by atoms with van der Waals surface area (Å²) in [4.78, 5) is 14.2. The van der Waals surface area contributed by atoms with Crippen LogP contribution in [0.15, 0.2) is 24.4 Å². The van der Waals surface area contributed by atoms with Crippen molar-refractivity contribution in [3.05, 3.63) is 35.9 Å². The van der Waals surface area contributed by atoms with E-state index in [4.69, 9.17) is 19.4 Å². The number of ether oxygens (including phenoxy) is 2. The maximum atomic E-state index is 5.31. The van der Waals surface area contributed by atoms with E-state index < -0.39 is 0 Å². The Bertz CT molecular complexity index is 920. The molecule has 0 fully saturated rings. The van der Waals surface area contributed by atoms with E-state index in [2.05, 4.69) is 23.4 Å². The predicted molar refractivity (Wildman–Crippen MR) is 107 cm³/mol. The van der Waals surface area contributed by atoms with E-state index in [0.29, 0.717) is 11.9 Å². The molecule has 1 unspecified atom stereocenters. The largest absolute Gasteiger partial charge is 0.481 e. The van der Waals surface area contributed by atoms with Gasteiger partial charge in [-0.25, -0.2) is 15.0 Å². The molecule has 0 amide bonds. The lowest BCUT2D eigenvalue weighted by molar-refractivity contribution is 0.177. The third-order valence-electron chi connectivity index (χ3n) is 5.02. The molecule has 0 saturated carbocycles. The first-order chi connectivity index (χ1) is 13.1. The van der Waals surface area contributed by atoms with E-state index in [0.717, 1.165) is 59.7 Å². The Balaban J connectivity index is 2.17. The van der Waals surface area contributed by atoms with Gasteiger partial charge in [0, 0.05) is 55.3 Å². The zero-order valence-corrected chi connectivity index (χ0v) is 16.8. The molecule has 0 radical (unpaired) electrons. The molecule has 0 aliphatic carbocycles. The van der Waals surface area contributed by atoms with Crippen molar-refractivity contribution in [3.63, 3.8) is 0 Å². The van der Waals surface area contributed by atoms with Gasteiger partial charge >= 0.3 is 0 Å². The summed E-state index contributed by atoms with van der Waals surface area (Å²) >= 11 is 0. The van der Waals surface area contributed by atoms with Gasteiger partial charge in [0.15, 0.2) is 5.65 Å². The van der Waals surface area contributed by atoms with Gasteiger partial charge in [-0.15, -0.1) is 0 Å². The average Bonchev–Trinajstić information content (AvgIpc) is 3.07. The Morgan fingerprint density at radius 1 is 1.07 bits per heavy atom. The smallest absolute Gasteiger partial charge is 0.213 e. The minimum atomic E-state index is 0.322. The molecular formula is C21H28N4O2. The maximum absolute atomic E-state index is 5.31. The summed E-state index contributed by atoms with van der Waals surface area (Å²) in [5, 5.41) is 0. The van der Waals surface area contributed by atoms with E-state index in [-0.39, 0.29) is 0 Å². The molecule has 144 valence electrons. The highest BCUT2D eigenvalue weighted by Crippen LogP contribution is 2.33. The fraction of sp³-hybridized carbons (Fsp3) is 0.476. The lowest BCUT2D eigenvalue weighted by Gasteiger charge is -2.19. The average molecular weight is 368 g/mol. The van der Waals surface area contributed by atoms with Crippen molar-refractivity contribution in [3.8, 4) is 17.0 Å². The van der Waals surface area contributed by atoms with Crippen LogP contribution in [0.3, 0.4) is 0 Å². The lowest BCUT2D eigenvalue weighted by atomic mass is 10.0. The van der Waals surface area contributed by atoms with Crippen molar-refractivity contribution < 1.29 is 9.47 Å². The van der Waals surface area contributed by atoms with Crippen LogP contribution in [0.2, 0.25) is 0 Å². The second-order valence-electron chi connectivity index (χ2n) is 6.61. The fourth-order valence-corrected chi connectivity index (χ4v) is 3.59. The minimum absolute atomic E-state index is 0.322. The Morgan fingerprint density at radius 3 is 2.52 bits per heavy atom. The summed E-state index contributed by atoms with van der Waals surface area (Å²) in [6, 6.07) is 6.27. The van der Waals surface area contributed by atoms with Gasteiger partial charge in [-0.05, 0) is 31.9 Å². The first-order valence-corrected chi connectivity index (χ1v) is 9.51. The number of imidazole rings is 1. The van der Waals surface area contributed by atoms with Crippen LogP contribution in [0.5, 0.6) is 5.88 Å². The second kappa shape index (κ2) is 8.48. The van der Waals surface area contributed by atoms with Crippen LogP contribution in [-0.4, -0.2) is 40.3 Å². The summed E-state index contributed by atoms with van der Waals surface area (Å²) < 4.78 is 12.9. The molecule has 0 bridgehead atoms. The van der Waals surface area contributed by atoms with E-state index >= 15 is 0 Å². The van der Waals surface area contributed by atoms with Gasteiger partial charge < -0.3 is 14.0 Å². The molecule has 0 aliphatic heterocycles. The molecule has 0 aromatic carbocycles. The number of aryl methyl sites for hydroxylation is 2. The van der Waals surface area contributed by atoms with E-state index in [1.807, 2.05) is 31.3 Å². The number of hydrogen-bond acceptors (Lipinski definition) is 5. The summed E-state index contributed by atoms with van der Waals surface area (Å²) in [7, 11) is 3.38. The molecule has 3 aromatic rings. The van der Waals surface area contributed by atoms with Gasteiger partial charge in [-0.1, -0.05) is 13.8 Å². The standard InChI is InChI=1S/C21H28N4O2/c1-6-15(11-13-26-4)25-18(7-2)24-20-17(10-12-22-21(20)25)16-8-9-19(27-5)23-14(16)3/h8-10,12,15H,6-7,11,13H2,1-5H3. The van der Waals surface area contributed by atoms with Crippen LogP contribution in [0.1, 0.15) is 44.2 Å². The molecule has 0 N–H and O–H groups in total. The van der Waals surface area contributed by atoms with Crippen LogP contribution in [0.4, 0.5) is 0 Å². The molecule has 6 nitrogen and oxygen atoms in total. The van der Waals surface area contributed by atoms with Gasteiger partial charge in [0.25, 0.3) is 0 Å². The zero-order chi connectivity index (χ0) is 19.4. The van der Waals surface area contributed by atoms with Crippen molar-refractivity contribution in [1.29, 1.82) is 0 Å². The number of pyridine rings is 2. The summed E-state index contributed by atoms with van der Waals surface area (Å²) in [6.07, 6.45) is 4.68. The number of fused-ring (bicyclic) bond motifs is 1. The van der Waals surface area contributed by atoms with Crippen molar-refractivity contribution >= 4 is 11.2 Å². The Labute approximate surface area is 160 Å². The highest BCUT2D eigenvalue weighted by atomic mass is 16.5. The number of hydrogen-bond donors (Lipinski definition) is 0. The molecule has 0 saturated heterocycles. The van der Waals surface area contributed by atoms with E-state index in [1.54, 1.807) is 14.2 Å². The maximum Gasteiger partial charge on any atom is 0.213 e. The topological polar surface area (TPSA) is 62.1 Å². The first kappa shape index (κ1) is 19.3. The van der Waals surface area contributed by atoms with Crippen molar-refractivity contribution in [2.75, 3.05) is 20.8 Å². The monoisotopic (exact) mass is 368 g/mol. The van der Waals surface area contributed by atoms with Crippen molar-refractivity contribution in [2.24, 2.45) is 0 Å². The molecule has 1 atom stereocenters. The fourth-order valence-electron chi connectivity index (χ4n) is 3.59.